The fourth-order valence-corrected chi connectivity index (χ4v) is 3.70. The van der Waals surface area contributed by atoms with E-state index in [2.05, 4.69) is 82.7 Å². The molecule has 132 valence electrons. The van der Waals surface area contributed by atoms with E-state index in [1.165, 1.54) is 16.3 Å². The van der Waals surface area contributed by atoms with Crippen molar-refractivity contribution in [3.63, 3.8) is 0 Å². The van der Waals surface area contributed by atoms with Crippen LogP contribution in [0.5, 0.6) is 0 Å². The van der Waals surface area contributed by atoms with Crippen LogP contribution in [-0.4, -0.2) is 4.57 Å². The third-order valence-corrected chi connectivity index (χ3v) is 4.99. The number of fused-ring (bicyclic) bond motifs is 3. The highest BCUT2D eigenvalue weighted by molar-refractivity contribution is 6.10. The lowest BCUT2D eigenvalue weighted by atomic mass is 10.1. The molecule has 0 saturated carbocycles. The second-order valence-electron chi connectivity index (χ2n) is 6.73. The van der Waals surface area contributed by atoms with Crippen LogP contribution in [0, 0.1) is 11.3 Å². The van der Waals surface area contributed by atoms with Gasteiger partial charge >= 0.3 is 0 Å². The minimum atomic E-state index is 0.658. The molecule has 0 unspecified atom stereocenters. The molecule has 3 heteroatoms. The van der Waals surface area contributed by atoms with Gasteiger partial charge in [-0.15, -0.1) is 0 Å². The average molecular weight is 359 g/mol. The standard InChI is InChI=1S/C25H17N3/c26-17-18-10-12-19(13-11-18)27-20-14-15-23-22-8-4-5-9-24(22)28(25(23)16-20)21-6-2-1-3-7-21/h1-16,27H. The summed E-state index contributed by atoms with van der Waals surface area (Å²) in [5.41, 5.74) is 6.12. The number of aromatic nitrogens is 1. The van der Waals surface area contributed by atoms with Crippen molar-refractivity contribution in [3.05, 3.63) is 103 Å². The van der Waals surface area contributed by atoms with Gasteiger partial charge in [0.25, 0.3) is 0 Å². The van der Waals surface area contributed by atoms with E-state index in [-0.39, 0.29) is 0 Å². The topological polar surface area (TPSA) is 40.8 Å². The molecule has 4 aromatic carbocycles. The molecule has 1 heterocycles. The van der Waals surface area contributed by atoms with E-state index in [1.54, 1.807) is 0 Å². The Morgan fingerprint density at radius 2 is 1.32 bits per heavy atom. The van der Waals surface area contributed by atoms with Gasteiger partial charge in [0.15, 0.2) is 0 Å². The summed E-state index contributed by atoms with van der Waals surface area (Å²) in [7, 11) is 0. The molecule has 0 radical (unpaired) electrons. The monoisotopic (exact) mass is 359 g/mol. The minimum Gasteiger partial charge on any atom is -0.355 e. The van der Waals surface area contributed by atoms with Crippen LogP contribution in [0.15, 0.2) is 97.1 Å². The van der Waals surface area contributed by atoms with E-state index in [9.17, 15) is 0 Å². The Balaban J connectivity index is 1.68. The summed E-state index contributed by atoms with van der Waals surface area (Å²) in [5.74, 6) is 0. The highest BCUT2D eigenvalue weighted by Gasteiger charge is 2.12. The highest BCUT2D eigenvalue weighted by Crippen LogP contribution is 2.34. The Hall–Kier alpha value is -4.03. The molecule has 0 aliphatic rings. The summed E-state index contributed by atoms with van der Waals surface area (Å²) >= 11 is 0. The van der Waals surface area contributed by atoms with Gasteiger partial charge in [-0.1, -0.05) is 42.5 Å². The van der Waals surface area contributed by atoms with Crippen LogP contribution in [0.3, 0.4) is 0 Å². The first-order chi connectivity index (χ1) is 13.8. The maximum atomic E-state index is 8.97. The number of benzene rings is 4. The van der Waals surface area contributed by atoms with Crippen LogP contribution in [0.4, 0.5) is 11.4 Å². The first-order valence-electron chi connectivity index (χ1n) is 9.19. The van der Waals surface area contributed by atoms with Crippen LogP contribution in [0.2, 0.25) is 0 Å². The van der Waals surface area contributed by atoms with Crippen LogP contribution in [0.1, 0.15) is 5.56 Å². The molecule has 1 N–H and O–H groups in total. The van der Waals surface area contributed by atoms with E-state index < -0.39 is 0 Å². The number of para-hydroxylation sites is 2. The largest absolute Gasteiger partial charge is 0.355 e. The number of nitrogens with zero attached hydrogens (tertiary/aromatic N) is 2. The van der Waals surface area contributed by atoms with Crippen LogP contribution >= 0.6 is 0 Å². The second-order valence-corrected chi connectivity index (χ2v) is 6.73. The van der Waals surface area contributed by atoms with E-state index >= 15 is 0 Å². The van der Waals surface area contributed by atoms with Crippen LogP contribution < -0.4 is 5.32 Å². The van der Waals surface area contributed by atoms with Crippen molar-refractivity contribution >= 4 is 33.2 Å². The Bertz CT molecular complexity index is 1320. The second kappa shape index (κ2) is 6.61. The predicted molar refractivity (Wildman–Crippen MR) is 115 cm³/mol. The molecule has 28 heavy (non-hydrogen) atoms. The lowest BCUT2D eigenvalue weighted by Crippen LogP contribution is -1.94. The summed E-state index contributed by atoms with van der Waals surface area (Å²) in [6, 6.07) is 35.0. The Labute approximate surface area is 163 Å². The summed E-state index contributed by atoms with van der Waals surface area (Å²) in [5, 5.41) is 14.9. The molecule has 0 amide bonds. The van der Waals surface area contributed by atoms with Gasteiger partial charge in [-0.2, -0.15) is 5.26 Å². The normalized spacial score (nSPS) is 10.8. The first kappa shape index (κ1) is 16.2. The zero-order chi connectivity index (χ0) is 18.9. The quantitative estimate of drug-likeness (QED) is 0.405. The molecule has 0 atom stereocenters. The molecule has 3 nitrogen and oxygen atoms in total. The summed E-state index contributed by atoms with van der Waals surface area (Å²) < 4.78 is 2.30. The fraction of sp³-hybridized carbons (Fsp3) is 0. The molecular formula is C25H17N3. The lowest BCUT2D eigenvalue weighted by Gasteiger charge is -2.10. The number of anilines is 2. The Morgan fingerprint density at radius 3 is 2.11 bits per heavy atom. The average Bonchev–Trinajstić information content (AvgIpc) is 3.08. The van der Waals surface area contributed by atoms with Gasteiger partial charge in [0, 0.05) is 27.8 Å². The number of nitrogens with one attached hydrogen (secondary N) is 1. The molecule has 0 fully saturated rings. The Kier molecular flexibility index (Phi) is 3.81. The molecule has 0 aliphatic carbocycles. The van der Waals surface area contributed by atoms with Crippen molar-refractivity contribution < 1.29 is 0 Å². The lowest BCUT2D eigenvalue weighted by molar-refractivity contribution is 1.18. The molecular weight excluding hydrogens is 342 g/mol. The minimum absolute atomic E-state index is 0.658. The fourth-order valence-electron chi connectivity index (χ4n) is 3.70. The molecule has 0 spiro atoms. The van der Waals surface area contributed by atoms with E-state index in [0.717, 1.165) is 22.6 Å². The van der Waals surface area contributed by atoms with E-state index in [4.69, 9.17) is 5.26 Å². The SMILES string of the molecule is N#Cc1ccc(Nc2ccc3c4ccccc4n(-c4ccccc4)c3c2)cc1. The van der Waals surface area contributed by atoms with E-state index in [1.807, 2.05) is 30.3 Å². The van der Waals surface area contributed by atoms with Gasteiger partial charge in [0.1, 0.15) is 0 Å². The third-order valence-electron chi connectivity index (χ3n) is 4.99. The van der Waals surface area contributed by atoms with Crippen molar-refractivity contribution in [1.29, 1.82) is 5.26 Å². The number of rotatable bonds is 3. The maximum Gasteiger partial charge on any atom is 0.0991 e. The van der Waals surface area contributed by atoms with Crippen molar-refractivity contribution in [2.24, 2.45) is 0 Å². The smallest absolute Gasteiger partial charge is 0.0991 e. The number of hydrogen-bond donors (Lipinski definition) is 1. The molecule has 1 aromatic heterocycles. The zero-order valence-electron chi connectivity index (χ0n) is 15.1. The third kappa shape index (κ3) is 2.69. The van der Waals surface area contributed by atoms with Gasteiger partial charge in [-0.25, -0.2) is 0 Å². The van der Waals surface area contributed by atoms with Crippen molar-refractivity contribution in [1.82, 2.24) is 4.57 Å². The van der Waals surface area contributed by atoms with Gasteiger partial charge in [-0.3, -0.25) is 0 Å². The summed E-state index contributed by atoms with van der Waals surface area (Å²) in [6.45, 7) is 0. The van der Waals surface area contributed by atoms with Gasteiger partial charge < -0.3 is 9.88 Å². The molecule has 0 bridgehead atoms. The van der Waals surface area contributed by atoms with Crippen molar-refractivity contribution in [2.45, 2.75) is 0 Å². The molecule has 5 aromatic rings. The zero-order valence-corrected chi connectivity index (χ0v) is 15.1. The highest BCUT2D eigenvalue weighted by atomic mass is 15.0. The van der Waals surface area contributed by atoms with E-state index in [0.29, 0.717) is 5.56 Å². The van der Waals surface area contributed by atoms with Gasteiger partial charge in [0.2, 0.25) is 0 Å². The van der Waals surface area contributed by atoms with Crippen LogP contribution in [0.25, 0.3) is 27.5 Å². The number of nitriles is 1. The summed E-state index contributed by atoms with van der Waals surface area (Å²) in [4.78, 5) is 0. The molecule has 5 rings (SSSR count). The Morgan fingerprint density at radius 1 is 0.643 bits per heavy atom. The summed E-state index contributed by atoms with van der Waals surface area (Å²) in [6.07, 6.45) is 0. The molecule has 0 aliphatic heterocycles. The first-order valence-corrected chi connectivity index (χ1v) is 9.19. The maximum absolute atomic E-state index is 8.97. The van der Waals surface area contributed by atoms with Crippen molar-refractivity contribution in [3.8, 4) is 11.8 Å². The van der Waals surface area contributed by atoms with Crippen LogP contribution in [-0.2, 0) is 0 Å². The van der Waals surface area contributed by atoms with Crippen molar-refractivity contribution in [2.75, 3.05) is 5.32 Å². The predicted octanol–water partition coefficient (Wildman–Crippen LogP) is 6.40. The van der Waals surface area contributed by atoms with Gasteiger partial charge in [-0.05, 0) is 54.6 Å². The number of hydrogen-bond acceptors (Lipinski definition) is 2. The molecule has 0 saturated heterocycles. The van der Waals surface area contributed by atoms with Gasteiger partial charge in [0.05, 0.1) is 22.7 Å².